The Balaban J connectivity index is 1.59. The number of anilines is 2. The van der Waals surface area contributed by atoms with E-state index >= 15 is 0 Å². The lowest BCUT2D eigenvalue weighted by molar-refractivity contribution is 0.0526. The van der Waals surface area contributed by atoms with E-state index in [2.05, 4.69) is 15.2 Å². The van der Waals surface area contributed by atoms with Crippen LogP contribution in [0.1, 0.15) is 29.3 Å². The van der Waals surface area contributed by atoms with Gasteiger partial charge in [0.1, 0.15) is 5.82 Å². The van der Waals surface area contributed by atoms with Crippen molar-refractivity contribution >= 4 is 35.1 Å². The van der Waals surface area contributed by atoms with Gasteiger partial charge in [-0.3, -0.25) is 0 Å². The lowest BCUT2D eigenvalue weighted by Crippen LogP contribution is -2.38. The van der Waals surface area contributed by atoms with Crippen molar-refractivity contribution in [2.24, 2.45) is 0 Å². The van der Waals surface area contributed by atoms with Crippen LogP contribution in [0.3, 0.4) is 0 Å². The second-order valence-electron chi connectivity index (χ2n) is 6.87. The summed E-state index contributed by atoms with van der Waals surface area (Å²) in [5, 5.41) is 3.42. The van der Waals surface area contributed by atoms with Gasteiger partial charge in [0.2, 0.25) is 0 Å². The van der Waals surface area contributed by atoms with E-state index < -0.39 is 0 Å². The number of hydrogen-bond donors (Lipinski definition) is 1. The van der Waals surface area contributed by atoms with Crippen LogP contribution in [0, 0.1) is 6.92 Å². The summed E-state index contributed by atoms with van der Waals surface area (Å²) >= 11 is 6.22. The van der Waals surface area contributed by atoms with E-state index in [0.717, 1.165) is 24.3 Å². The number of amides is 2. The molecule has 0 spiro atoms. The smallest absolute Gasteiger partial charge is 0.339 e. The molecular weight excluding hydrogens is 392 g/mol. The highest BCUT2D eigenvalue weighted by atomic mass is 35.5. The Morgan fingerprint density at radius 3 is 2.69 bits per heavy atom. The van der Waals surface area contributed by atoms with Gasteiger partial charge in [0.25, 0.3) is 0 Å². The molecule has 154 valence electrons. The van der Waals surface area contributed by atoms with Gasteiger partial charge in [0, 0.05) is 32.4 Å². The standard InChI is InChI=1S/C21H25ClN4O3/c1-3-29-20(27)16-6-8-19(23-14-16)25-9-4-10-26(12-11-25)21(28)24-18-7-5-15(2)13-17(18)22/h5-8,13-14H,3-4,9-12H2,1-2H3,(H,24,28). The normalized spacial score (nSPS) is 14.3. The number of urea groups is 1. The number of aromatic nitrogens is 1. The number of hydrogen-bond acceptors (Lipinski definition) is 5. The second-order valence-corrected chi connectivity index (χ2v) is 7.27. The van der Waals surface area contributed by atoms with Crippen LogP contribution in [0.4, 0.5) is 16.3 Å². The van der Waals surface area contributed by atoms with Gasteiger partial charge in [0.15, 0.2) is 0 Å². The first-order valence-electron chi connectivity index (χ1n) is 9.68. The summed E-state index contributed by atoms with van der Waals surface area (Å²) in [4.78, 5) is 32.7. The van der Waals surface area contributed by atoms with Gasteiger partial charge < -0.3 is 19.9 Å². The number of nitrogens with zero attached hydrogens (tertiary/aromatic N) is 3. The molecule has 0 atom stereocenters. The van der Waals surface area contributed by atoms with E-state index in [4.69, 9.17) is 16.3 Å². The Hall–Kier alpha value is -2.80. The topological polar surface area (TPSA) is 74.8 Å². The first-order chi connectivity index (χ1) is 14.0. The average Bonchev–Trinajstić information content (AvgIpc) is 2.97. The van der Waals surface area contributed by atoms with Gasteiger partial charge in [0.05, 0.1) is 22.9 Å². The number of aryl methyl sites for hydroxylation is 1. The molecule has 0 bridgehead atoms. The molecule has 1 saturated heterocycles. The van der Waals surface area contributed by atoms with Crippen LogP contribution < -0.4 is 10.2 Å². The fourth-order valence-electron chi connectivity index (χ4n) is 3.17. The molecule has 1 aliphatic rings. The summed E-state index contributed by atoms with van der Waals surface area (Å²) in [6, 6.07) is 8.92. The van der Waals surface area contributed by atoms with Crippen molar-refractivity contribution in [3.8, 4) is 0 Å². The predicted molar refractivity (Wildman–Crippen MR) is 114 cm³/mol. The summed E-state index contributed by atoms with van der Waals surface area (Å²) < 4.78 is 4.98. The Labute approximate surface area is 175 Å². The van der Waals surface area contributed by atoms with E-state index in [0.29, 0.717) is 42.5 Å². The highest BCUT2D eigenvalue weighted by molar-refractivity contribution is 6.33. The van der Waals surface area contributed by atoms with E-state index in [1.54, 1.807) is 17.9 Å². The number of rotatable bonds is 4. The van der Waals surface area contributed by atoms with Crippen molar-refractivity contribution in [1.82, 2.24) is 9.88 Å². The number of halogens is 1. The van der Waals surface area contributed by atoms with Gasteiger partial charge in [-0.15, -0.1) is 0 Å². The zero-order valence-electron chi connectivity index (χ0n) is 16.7. The largest absolute Gasteiger partial charge is 0.462 e. The Kier molecular flexibility index (Phi) is 6.93. The van der Waals surface area contributed by atoms with Gasteiger partial charge >= 0.3 is 12.0 Å². The minimum absolute atomic E-state index is 0.164. The molecule has 1 aromatic carbocycles. The minimum Gasteiger partial charge on any atom is -0.462 e. The number of carbonyl (C=O) groups is 2. The Morgan fingerprint density at radius 2 is 2.00 bits per heavy atom. The van der Waals surface area contributed by atoms with Crippen molar-refractivity contribution in [1.29, 1.82) is 0 Å². The molecule has 0 radical (unpaired) electrons. The molecular formula is C21H25ClN4O3. The zero-order chi connectivity index (χ0) is 20.8. The summed E-state index contributed by atoms with van der Waals surface area (Å²) in [6.45, 7) is 6.70. The SMILES string of the molecule is CCOC(=O)c1ccc(N2CCCN(C(=O)Nc3ccc(C)cc3Cl)CC2)nc1. The summed E-state index contributed by atoms with van der Waals surface area (Å²) in [5.41, 5.74) is 2.08. The lowest BCUT2D eigenvalue weighted by atomic mass is 10.2. The summed E-state index contributed by atoms with van der Waals surface area (Å²) in [5.74, 6) is 0.405. The van der Waals surface area contributed by atoms with Crippen molar-refractivity contribution in [3.05, 3.63) is 52.7 Å². The molecule has 1 fully saturated rings. The van der Waals surface area contributed by atoms with Crippen LogP contribution in [0.2, 0.25) is 5.02 Å². The number of carbonyl (C=O) groups excluding carboxylic acids is 2. The van der Waals surface area contributed by atoms with Crippen molar-refractivity contribution in [2.45, 2.75) is 20.3 Å². The maximum absolute atomic E-state index is 12.7. The van der Waals surface area contributed by atoms with Crippen LogP contribution in [0.5, 0.6) is 0 Å². The predicted octanol–water partition coefficient (Wildman–Crippen LogP) is 3.96. The van der Waals surface area contributed by atoms with Crippen molar-refractivity contribution in [3.63, 3.8) is 0 Å². The molecule has 2 heterocycles. The van der Waals surface area contributed by atoms with Crippen LogP contribution in [-0.2, 0) is 4.74 Å². The third kappa shape index (κ3) is 5.38. The van der Waals surface area contributed by atoms with E-state index in [-0.39, 0.29) is 12.0 Å². The van der Waals surface area contributed by atoms with Gasteiger partial charge in [-0.2, -0.15) is 0 Å². The fraction of sp³-hybridized carbons (Fsp3) is 0.381. The van der Waals surface area contributed by atoms with E-state index in [9.17, 15) is 9.59 Å². The summed E-state index contributed by atoms with van der Waals surface area (Å²) in [6.07, 6.45) is 2.35. The average molecular weight is 417 g/mol. The third-order valence-corrected chi connectivity index (χ3v) is 5.05. The van der Waals surface area contributed by atoms with Crippen LogP contribution in [0.25, 0.3) is 0 Å². The maximum Gasteiger partial charge on any atom is 0.339 e. The molecule has 29 heavy (non-hydrogen) atoms. The quantitative estimate of drug-likeness (QED) is 0.763. The fourth-order valence-corrected chi connectivity index (χ4v) is 3.46. The maximum atomic E-state index is 12.7. The van der Waals surface area contributed by atoms with Crippen molar-refractivity contribution in [2.75, 3.05) is 43.0 Å². The van der Waals surface area contributed by atoms with Gasteiger partial charge in [-0.05, 0) is 50.1 Å². The Bertz CT molecular complexity index is 873. The molecule has 0 unspecified atom stereocenters. The monoisotopic (exact) mass is 416 g/mol. The number of ether oxygens (including phenoxy) is 1. The molecule has 0 saturated carbocycles. The zero-order valence-corrected chi connectivity index (χ0v) is 17.4. The molecule has 1 aromatic heterocycles. The number of nitrogens with one attached hydrogen (secondary N) is 1. The van der Waals surface area contributed by atoms with E-state index in [1.165, 1.54) is 6.20 Å². The minimum atomic E-state index is -0.375. The van der Waals surface area contributed by atoms with Crippen LogP contribution in [-0.4, -0.2) is 54.7 Å². The first kappa shape index (κ1) is 20.9. The molecule has 1 aliphatic heterocycles. The van der Waals surface area contributed by atoms with Crippen molar-refractivity contribution < 1.29 is 14.3 Å². The number of esters is 1. The molecule has 1 N–H and O–H groups in total. The van der Waals surface area contributed by atoms with Gasteiger partial charge in [-0.25, -0.2) is 14.6 Å². The molecule has 2 amide bonds. The second kappa shape index (κ2) is 9.60. The lowest BCUT2D eigenvalue weighted by Gasteiger charge is -2.23. The number of benzene rings is 1. The van der Waals surface area contributed by atoms with Crippen LogP contribution in [0.15, 0.2) is 36.5 Å². The van der Waals surface area contributed by atoms with Gasteiger partial charge in [-0.1, -0.05) is 17.7 Å². The molecule has 3 rings (SSSR count). The first-order valence-corrected chi connectivity index (χ1v) is 10.1. The highest BCUT2D eigenvalue weighted by Crippen LogP contribution is 2.23. The summed E-state index contributed by atoms with van der Waals surface area (Å²) in [7, 11) is 0. The third-order valence-electron chi connectivity index (χ3n) is 4.73. The number of pyridine rings is 1. The molecule has 7 nitrogen and oxygen atoms in total. The molecule has 0 aliphatic carbocycles. The molecule has 8 heteroatoms. The highest BCUT2D eigenvalue weighted by Gasteiger charge is 2.21. The Morgan fingerprint density at radius 1 is 1.17 bits per heavy atom. The van der Waals surface area contributed by atoms with Crippen LogP contribution >= 0.6 is 11.6 Å². The molecule has 2 aromatic rings. The van der Waals surface area contributed by atoms with E-state index in [1.807, 2.05) is 31.2 Å².